The molecule has 0 bridgehead atoms. The molecule has 0 aliphatic rings. The van der Waals surface area contributed by atoms with Crippen molar-refractivity contribution in [2.75, 3.05) is 13.7 Å². The number of nitrogens with one attached hydrogen (secondary N) is 1. The summed E-state index contributed by atoms with van der Waals surface area (Å²) in [6, 6.07) is 9.08. The van der Waals surface area contributed by atoms with Gasteiger partial charge in [0.05, 0.1) is 12.8 Å². The van der Waals surface area contributed by atoms with E-state index in [0.717, 1.165) is 11.8 Å². The predicted molar refractivity (Wildman–Crippen MR) is 72.6 cm³/mol. The van der Waals surface area contributed by atoms with E-state index in [1.54, 1.807) is 13.2 Å². The van der Waals surface area contributed by atoms with Crippen LogP contribution in [0.15, 0.2) is 36.4 Å². The van der Waals surface area contributed by atoms with Crippen LogP contribution in [0, 0.1) is 11.6 Å². The van der Waals surface area contributed by atoms with Gasteiger partial charge in [-0.15, -0.1) is 0 Å². The summed E-state index contributed by atoms with van der Waals surface area (Å²) < 4.78 is 31.0. The van der Waals surface area contributed by atoms with Gasteiger partial charge < -0.3 is 10.1 Å². The minimum atomic E-state index is -0.547. The van der Waals surface area contributed by atoms with Crippen molar-refractivity contribution in [1.82, 2.24) is 10.3 Å². The van der Waals surface area contributed by atoms with Gasteiger partial charge in [0.15, 0.2) is 0 Å². The fourth-order valence-corrected chi connectivity index (χ4v) is 1.87. The Hall–Kier alpha value is -2.01. The van der Waals surface area contributed by atoms with Crippen LogP contribution in [0.5, 0.6) is 5.88 Å². The summed E-state index contributed by atoms with van der Waals surface area (Å²) in [6.45, 7) is 1.19. The lowest BCUT2D eigenvalue weighted by molar-refractivity contribution is 0.395. The summed E-state index contributed by atoms with van der Waals surface area (Å²) in [4.78, 5) is 4.26. The van der Waals surface area contributed by atoms with Crippen LogP contribution < -0.4 is 10.1 Å². The lowest BCUT2D eigenvalue weighted by Crippen LogP contribution is -2.17. The van der Waals surface area contributed by atoms with E-state index in [1.807, 2.05) is 12.1 Å². The monoisotopic (exact) mass is 278 g/mol. The molecule has 0 spiro atoms. The third kappa shape index (κ3) is 4.28. The van der Waals surface area contributed by atoms with Gasteiger partial charge in [0.2, 0.25) is 5.88 Å². The second-order valence-electron chi connectivity index (χ2n) is 4.38. The molecule has 1 N–H and O–H groups in total. The van der Waals surface area contributed by atoms with Crippen LogP contribution in [0.4, 0.5) is 8.78 Å². The molecule has 2 aromatic rings. The fourth-order valence-electron chi connectivity index (χ4n) is 1.87. The molecule has 1 aromatic carbocycles. The van der Waals surface area contributed by atoms with E-state index < -0.39 is 11.6 Å². The Bertz CT molecular complexity index is 555. The third-order valence-corrected chi connectivity index (χ3v) is 2.81. The zero-order chi connectivity index (χ0) is 14.4. The van der Waals surface area contributed by atoms with E-state index in [9.17, 15) is 8.78 Å². The molecule has 0 fully saturated rings. The minimum Gasteiger partial charge on any atom is -0.481 e. The van der Waals surface area contributed by atoms with E-state index in [2.05, 4.69) is 10.3 Å². The Morgan fingerprint density at radius 3 is 2.60 bits per heavy atom. The van der Waals surface area contributed by atoms with Crippen LogP contribution in [0.2, 0.25) is 0 Å². The molecular weight excluding hydrogens is 262 g/mol. The fraction of sp³-hybridized carbons (Fsp3) is 0.267. The molecular formula is C15H16F2N2O. The molecule has 0 atom stereocenters. The summed E-state index contributed by atoms with van der Waals surface area (Å²) in [6.07, 6.45) is 0.554. The van der Waals surface area contributed by atoms with Crippen molar-refractivity contribution < 1.29 is 13.5 Å². The maximum atomic E-state index is 13.0. The Morgan fingerprint density at radius 2 is 1.90 bits per heavy atom. The third-order valence-electron chi connectivity index (χ3n) is 2.81. The summed E-state index contributed by atoms with van der Waals surface area (Å²) in [5, 5.41) is 3.18. The smallest absolute Gasteiger partial charge is 0.213 e. The number of aromatic nitrogens is 1. The summed E-state index contributed by atoms with van der Waals surface area (Å²) >= 11 is 0. The van der Waals surface area contributed by atoms with E-state index in [0.29, 0.717) is 31.0 Å². The van der Waals surface area contributed by atoms with Crippen LogP contribution in [0.25, 0.3) is 0 Å². The van der Waals surface area contributed by atoms with Crippen LogP contribution in [-0.4, -0.2) is 18.6 Å². The van der Waals surface area contributed by atoms with E-state index in [4.69, 9.17) is 4.74 Å². The van der Waals surface area contributed by atoms with Crippen molar-refractivity contribution in [2.24, 2.45) is 0 Å². The Morgan fingerprint density at radius 1 is 1.15 bits per heavy atom. The normalized spacial score (nSPS) is 10.6. The Labute approximate surface area is 116 Å². The quantitative estimate of drug-likeness (QED) is 0.825. The molecule has 106 valence electrons. The number of pyridine rings is 1. The largest absolute Gasteiger partial charge is 0.481 e. The molecule has 0 saturated carbocycles. The van der Waals surface area contributed by atoms with Crippen LogP contribution in [0.1, 0.15) is 11.3 Å². The van der Waals surface area contributed by atoms with Gasteiger partial charge in [-0.05, 0) is 36.7 Å². The predicted octanol–water partition coefficient (Wildman–Crippen LogP) is 2.70. The van der Waals surface area contributed by atoms with Gasteiger partial charge in [-0.25, -0.2) is 13.8 Å². The summed E-state index contributed by atoms with van der Waals surface area (Å²) in [5.41, 5.74) is 1.49. The van der Waals surface area contributed by atoms with Gasteiger partial charge in [-0.3, -0.25) is 0 Å². The van der Waals surface area contributed by atoms with Gasteiger partial charge in [0.25, 0.3) is 0 Å². The summed E-state index contributed by atoms with van der Waals surface area (Å²) in [5.74, 6) is -0.527. The Kier molecular flexibility index (Phi) is 5.01. The molecule has 0 radical (unpaired) electrons. The van der Waals surface area contributed by atoms with Crippen molar-refractivity contribution in [1.29, 1.82) is 0 Å². The van der Waals surface area contributed by atoms with Gasteiger partial charge in [-0.1, -0.05) is 6.07 Å². The van der Waals surface area contributed by atoms with E-state index in [1.165, 1.54) is 12.1 Å². The van der Waals surface area contributed by atoms with Crippen LogP contribution in [-0.2, 0) is 13.0 Å². The van der Waals surface area contributed by atoms with E-state index in [-0.39, 0.29) is 0 Å². The van der Waals surface area contributed by atoms with Crippen molar-refractivity contribution in [3.63, 3.8) is 0 Å². The summed E-state index contributed by atoms with van der Waals surface area (Å²) in [7, 11) is 1.57. The lowest BCUT2D eigenvalue weighted by Gasteiger charge is -2.06. The molecule has 3 nitrogen and oxygen atoms in total. The van der Waals surface area contributed by atoms with Crippen molar-refractivity contribution in [3.05, 3.63) is 59.3 Å². The molecule has 2 rings (SSSR count). The van der Waals surface area contributed by atoms with Crippen LogP contribution >= 0.6 is 0 Å². The molecule has 0 unspecified atom stereocenters. The zero-order valence-electron chi connectivity index (χ0n) is 11.2. The first kappa shape index (κ1) is 14.4. The number of ether oxygens (including phenoxy) is 1. The van der Waals surface area contributed by atoms with Crippen molar-refractivity contribution in [2.45, 2.75) is 13.0 Å². The van der Waals surface area contributed by atoms with Crippen molar-refractivity contribution >= 4 is 0 Å². The van der Waals surface area contributed by atoms with Gasteiger partial charge in [-0.2, -0.15) is 0 Å². The minimum absolute atomic E-state index is 0.547. The maximum Gasteiger partial charge on any atom is 0.213 e. The highest BCUT2D eigenvalue weighted by Crippen LogP contribution is 2.09. The molecule has 20 heavy (non-hydrogen) atoms. The SMILES string of the molecule is COc1cccc(CNCCc2cc(F)cc(F)c2)n1. The first-order chi connectivity index (χ1) is 9.67. The van der Waals surface area contributed by atoms with Crippen molar-refractivity contribution in [3.8, 4) is 5.88 Å². The molecule has 5 heteroatoms. The number of halogens is 2. The molecule has 0 saturated heterocycles. The Balaban J connectivity index is 1.81. The lowest BCUT2D eigenvalue weighted by atomic mass is 10.1. The van der Waals surface area contributed by atoms with Gasteiger partial charge in [0, 0.05) is 18.7 Å². The number of rotatable bonds is 6. The second kappa shape index (κ2) is 6.96. The first-order valence-electron chi connectivity index (χ1n) is 6.33. The average molecular weight is 278 g/mol. The van der Waals surface area contributed by atoms with Gasteiger partial charge >= 0.3 is 0 Å². The highest BCUT2D eigenvalue weighted by molar-refractivity contribution is 5.18. The average Bonchev–Trinajstić information content (AvgIpc) is 2.43. The first-order valence-corrected chi connectivity index (χ1v) is 6.33. The molecule has 0 aliphatic heterocycles. The second-order valence-corrected chi connectivity index (χ2v) is 4.38. The van der Waals surface area contributed by atoms with E-state index >= 15 is 0 Å². The molecule has 1 heterocycles. The van der Waals surface area contributed by atoms with Crippen LogP contribution in [0.3, 0.4) is 0 Å². The molecule has 0 aliphatic carbocycles. The van der Waals surface area contributed by atoms with Gasteiger partial charge in [0.1, 0.15) is 11.6 Å². The molecule has 1 aromatic heterocycles. The number of hydrogen-bond donors (Lipinski definition) is 1. The maximum absolute atomic E-state index is 13.0. The topological polar surface area (TPSA) is 34.1 Å². The number of benzene rings is 1. The number of methoxy groups -OCH3 is 1. The number of hydrogen-bond acceptors (Lipinski definition) is 3. The standard InChI is InChI=1S/C15H16F2N2O/c1-20-15-4-2-3-14(19-15)10-18-6-5-11-7-12(16)9-13(17)8-11/h2-4,7-9,18H,5-6,10H2,1H3. The number of nitrogens with zero attached hydrogens (tertiary/aromatic N) is 1. The highest BCUT2D eigenvalue weighted by atomic mass is 19.1. The molecule has 0 amide bonds. The highest BCUT2D eigenvalue weighted by Gasteiger charge is 2.01. The zero-order valence-corrected chi connectivity index (χ0v) is 11.2.